The van der Waals surface area contributed by atoms with Crippen molar-refractivity contribution in [2.45, 2.75) is 25.7 Å². The van der Waals surface area contributed by atoms with Crippen LogP contribution in [0.3, 0.4) is 0 Å². The van der Waals surface area contributed by atoms with E-state index in [1.54, 1.807) is 0 Å². The molecule has 2 aromatic rings. The Bertz CT molecular complexity index is 606. The van der Waals surface area contributed by atoms with Crippen LogP contribution in [0, 0.1) is 11.6 Å². The topological polar surface area (TPSA) is 24.9 Å². The number of nitrogens with one attached hydrogen (secondary N) is 1. The third kappa shape index (κ3) is 1.82. The van der Waals surface area contributed by atoms with E-state index in [0.717, 1.165) is 30.7 Å². The molecule has 0 bridgehead atoms. The van der Waals surface area contributed by atoms with Crippen LogP contribution in [0.2, 0.25) is 0 Å². The molecule has 2 nitrogen and oxygen atoms in total. The van der Waals surface area contributed by atoms with Gasteiger partial charge < -0.3 is 5.32 Å². The summed E-state index contributed by atoms with van der Waals surface area (Å²) in [5.41, 5.74) is 1.64. The highest BCUT2D eigenvalue weighted by molar-refractivity contribution is 5.92. The van der Waals surface area contributed by atoms with Gasteiger partial charge in [-0.05, 0) is 38.0 Å². The molecule has 4 heteroatoms. The van der Waals surface area contributed by atoms with Crippen molar-refractivity contribution in [3.8, 4) is 0 Å². The SMILES string of the molecule is CCNc1cc(C2CC2)nc2c(F)ccc(F)c12. The molecule has 0 aliphatic heterocycles. The maximum atomic E-state index is 13.9. The van der Waals surface area contributed by atoms with Crippen molar-refractivity contribution in [2.75, 3.05) is 11.9 Å². The van der Waals surface area contributed by atoms with Crippen molar-refractivity contribution in [1.29, 1.82) is 0 Å². The van der Waals surface area contributed by atoms with Crippen LogP contribution < -0.4 is 5.32 Å². The molecule has 1 aliphatic rings. The minimum atomic E-state index is -0.465. The van der Waals surface area contributed by atoms with Gasteiger partial charge in [-0.1, -0.05) is 0 Å². The fraction of sp³-hybridized carbons (Fsp3) is 0.357. The summed E-state index contributed by atoms with van der Waals surface area (Å²) < 4.78 is 27.6. The van der Waals surface area contributed by atoms with Gasteiger partial charge in [-0.25, -0.2) is 13.8 Å². The van der Waals surface area contributed by atoms with Gasteiger partial charge in [0.25, 0.3) is 0 Å². The third-order valence-corrected chi connectivity index (χ3v) is 3.24. The van der Waals surface area contributed by atoms with Gasteiger partial charge in [0.2, 0.25) is 0 Å². The van der Waals surface area contributed by atoms with Gasteiger partial charge in [-0.15, -0.1) is 0 Å². The molecular formula is C14H14F2N2. The maximum Gasteiger partial charge on any atom is 0.149 e. The van der Waals surface area contributed by atoms with E-state index in [2.05, 4.69) is 10.3 Å². The molecule has 1 heterocycles. The number of fused-ring (bicyclic) bond motifs is 1. The van der Waals surface area contributed by atoms with Gasteiger partial charge in [0.1, 0.15) is 17.2 Å². The molecule has 1 N–H and O–H groups in total. The van der Waals surface area contributed by atoms with Crippen molar-refractivity contribution in [2.24, 2.45) is 0 Å². The molecule has 1 aliphatic carbocycles. The van der Waals surface area contributed by atoms with E-state index < -0.39 is 11.6 Å². The van der Waals surface area contributed by atoms with E-state index in [1.807, 2.05) is 13.0 Å². The van der Waals surface area contributed by atoms with E-state index in [-0.39, 0.29) is 10.9 Å². The monoisotopic (exact) mass is 248 g/mol. The summed E-state index contributed by atoms with van der Waals surface area (Å²) in [4.78, 5) is 4.29. The van der Waals surface area contributed by atoms with Crippen molar-refractivity contribution in [3.05, 3.63) is 35.5 Å². The average Bonchev–Trinajstić information content (AvgIpc) is 3.18. The fourth-order valence-corrected chi connectivity index (χ4v) is 2.21. The van der Waals surface area contributed by atoms with Gasteiger partial charge in [0, 0.05) is 23.8 Å². The lowest BCUT2D eigenvalue weighted by atomic mass is 10.1. The second-order valence-corrected chi connectivity index (χ2v) is 4.65. The van der Waals surface area contributed by atoms with Gasteiger partial charge in [0.15, 0.2) is 0 Å². The Morgan fingerprint density at radius 1 is 1.28 bits per heavy atom. The van der Waals surface area contributed by atoms with Crippen LogP contribution in [0.15, 0.2) is 18.2 Å². The summed E-state index contributed by atoms with van der Waals surface area (Å²) in [5, 5.41) is 3.35. The zero-order valence-electron chi connectivity index (χ0n) is 10.1. The number of hydrogen-bond acceptors (Lipinski definition) is 2. The first-order valence-electron chi connectivity index (χ1n) is 6.23. The van der Waals surface area contributed by atoms with Gasteiger partial charge in [0.05, 0.1) is 5.39 Å². The Labute approximate surface area is 104 Å². The summed E-state index contributed by atoms with van der Waals surface area (Å²) in [7, 11) is 0. The van der Waals surface area contributed by atoms with Crippen LogP contribution in [0.25, 0.3) is 10.9 Å². The van der Waals surface area contributed by atoms with Crippen LogP contribution >= 0.6 is 0 Å². The highest BCUT2D eigenvalue weighted by Gasteiger charge is 2.27. The lowest BCUT2D eigenvalue weighted by molar-refractivity contribution is 0.615. The van der Waals surface area contributed by atoms with Crippen molar-refractivity contribution < 1.29 is 8.78 Å². The first kappa shape index (κ1) is 11.4. The Morgan fingerprint density at radius 2 is 2.00 bits per heavy atom. The second-order valence-electron chi connectivity index (χ2n) is 4.65. The molecular weight excluding hydrogens is 234 g/mol. The molecule has 1 aromatic heterocycles. The minimum Gasteiger partial charge on any atom is -0.385 e. The summed E-state index contributed by atoms with van der Waals surface area (Å²) in [6.07, 6.45) is 2.17. The van der Waals surface area contributed by atoms with Crippen molar-refractivity contribution in [1.82, 2.24) is 4.98 Å². The predicted octanol–water partition coefficient (Wildman–Crippen LogP) is 3.82. The smallest absolute Gasteiger partial charge is 0.149 e. The molecule has 0 unspecified atom stereocenters. The number of nitrogens with zero attached hydrogens (tertiary/aromatic N) is 1. The quantitative estimate of drug-likeness (QED) is 0.893. The lowest BCUT2D eigenvalue weighted by Crippen LogP contribution is -2.02. The summed E-state index contributed by atoms with van der Waals surface area (Å²) >= 11 is 0. The predicted molar refractivity (Wildman–Crippen MR) is 67.8 cm³/mol. The maximum absolute atomic E-state index is 13.9. The largest absolute Gasteiger partial charge is 0.385 e. The molecule has 0 saturated heterocycles. The fourth-order valence-electron chi connectivity index (χ4n) is 2.21. The first-order valence-corrected chi connectivity index (χ1v) is 6.23. The molecule has 94 valence electrons. The highest BCUT2D eigenvalue weighted by atomic mass is 19.1. The molecule has 3 rings (SSSR count). The zero-order valence-corrected chi connectivity index (χ0v) is 10.1. The molecule has 0 radical (unpaired) electrons. The number of anilines is 1. The Morgan fingerprint density at radius 3 is 2.67 bits per heavy atom. The van der Waals surface area contributed by atoms with Crippen LogP contribution in [0.4, 0.5) is 14.5 Å². The summed E-state index contributed by atoms with van der Waals surface area (Å²) in [6.45, 7) is 2.60. The number of hydrogen-bond donors (Lipinski definition) is 1. The van der Waals surface area contributed by atoms with Crippen LogP contribution in [0.5, 0.6) is 0 Å². The van der Waals surface area contributed by atoms with E-state index in [1.165, 1.54) is 0 Å². The molecule has 1 aromatic carbocycles. The second kappa shape index (κ2) is 4.19. The van der Waals surface area contributed by atoms with E-state index in [0.29, 0.717) is 18.2 Å². The summed E-state index contributed by atoms with van der Waals surface area (Å²) in [5.74, 6) is -0.486. The van der Waals surface area contributed by atoms with E-state index in [4.69, 9.17) is 0 Å². The van der Waals surface area contributed by atoms with Gasteiger partial charge in [-0.2, -0.15) is 0 Å². The molecule has 0 spiro atoms. The molecule has 0 amide bonds. The van der Waals surface area contributed by atoms with Crippen molar-refractivity contribution >= 4 is 16.6 Å². The van der Waals surface area contributed by atoms with Crippen LogP contribution in [0.1, 0.15) is 31.4 Å². The van der Waals surface area contributed by atoms with Crippen LogP contribution in [-0.4, -0.2) is 11.5 Å². The number of benzene rings is 1. The Balaban J connectivity index is 2.29. The number of rotatable bonds is 3. The normalized spacial score (nSPS) is 15.1. The Hall–Kier alpha value is -1.71. The van der Waals surface area contributed by atoms with E-state index in [9.17, 15) is 8.78 Å². The molecule has 1 saturated carbocycles. The number of halogens is 2. The highest BCUT2D eigenvalue weighted by Crippen LogP contribution is 2.41. The third-order valence-electron chi connectivity index (χ3n) is 3.24. The number of aromatic nitrogens is 1. The standard InChI is InChI=1S/C14H14F2N2/c1-2-17-12-7-11(8-3-4-8)18-14-10(16)6-5-9(15)13(12)14/h5-8H,2-4H2,1H3,(H,17,18). The molecule has 1 fully saturated rings. The molecule has 18 heavy (non-hydrogen) atoms. The first-order chi connectivity index (χ1) is 8.70. The summed E-state index contributed by atoms with van der Waals surface area (Å²) in [6, 6.07) is 4.14. The minimum absolute atomic E-state index is 0.135. The van der Waals surface area contributed by atoms with Gasteiger partial charge >= 0.3 is 0 Å². The van der Waals surface area contributed by atoms with Gasteiger partial charge in [-0.3, -0.25) is 0 Å². The average molecular weight is 248 g/mol. The lowest BCUT2D eigenvalue weighted by Gasteiger charge is -2.11. The van der Waals surface area contributed by atoms with Crippen LogP contribution in [-0.2, 0) is 0 Å². The molecule has 0 atom stereocenters. The zero-order chi connectivity index (χ0) is 12.7. The Kier molecular flexibility index (Phi) is 2.65. The van der Waals surface area contributed by atoms with E-state index >= 15 is 0 Å². The van der Waals surface area contributed by atoms with Crippen molar-refractivity contribution in [3.63, 3.8) is 0 Å². The number of pyridine rings is 1.